The highest BCUT2D eigenvalue weighted by atomic mass is 32.1. The third-order valence-corrected chi connectivity index (χ3v) is 4.45. The molecular weight excluding hydrogens is 357 g/mol. The molecule has 0 aliphatic heterocycles. The maximum atomic E-state index is 13.2. The average molecular weight is 373 g/mol. The summed E-state index contributed by atoms with van der Waals surface area (Å²) in [5.41, 5.74) is 1.44. The Morgan fingerprint density at radius 1 is 1.23 bits per heavy atom. The Labute approximate surface area is 153 Å². The van der Waals surface area contributed by atoms with Gasteiger partial charge in [0, 0.05) is 0 Å². The van der Waals surface area contributed by atoms with Crippen LogP contribution in [0.2, 0.25) is 0 Å². The number of ether oxygens (including phenoxy) is 1. The van der Waals surface area contributed by atoms with Crippen molar-refractivity contribution in [3.8, 4) is 0 Å². The lowest BCUT2D eigenvalue weighted by molar-refractivity contribution is -0.117. The van der Waals surface area contributed by atoms with Gasteiger partial charge in [-0.2, -0.15) is 0 Å². The maximum absolute atomic E-state index is 13.2. The molecule has 0 unspecified atom stereocenters. The van der Waals surface area contributed by atoms with E-state index in [-0.39, 0.29) is 12.4 Å². The predicted molar refractivity (Wildman–Crippen MR) is 97.4 cm³/mol. The average Bonchev–Trinajstić information content (AvgIpc) is 3.02. The number of amides is 2. The highest BCUT2D eigenvalue weighted by molar-refractivity contribution is 7.22. The van der Waals surface area contributed by atoms with Gasteiger partial charge in [-0.3, -0.25) is 4.79 Å². The molecule has 2 N–H and O–H groups in total. The molecule has 0 fully saturated rings. The van der Waals surface area contributed by atoms with Crippen molar-refractivity contribution in [2.75, 3.05) is 5.32 Å². The summed E-state index contributed by atoms with van der Waals surface area (Å²) >= 11 is 1.16. The molecule has 1 aromatic heterocycles. The first kappa shape index (κ1) is 17.8. The lowest BCUT2D eigenvalue weighted by Gasteiger charge is -2.13. The Balaban J connectivity index is 1.52. The molecule has 8 heteroatoms. The van der Waals surface area contributed by atoms with Gasteiger partial charge in [-0.1, -0.05) is 41.7 Å². The SMILES string of the molecule is C[C@H](NC(=O)OCc1ccccc1)C(=O)Nc1nc2ccc(F)cc2s1. The Kier molecular flexibility index (Phi) is 5.43. The minimum atomic E-state index is -0.818. The van der Waals surface area contributed by atoms with E-state index < -0.39 is 18.0 Å². The summed E-state index contributed by atoms with van der Waals surface area (Å²) in [6.45, 7) is 1.65. The molecule has 0 saturated heterocycles. The fourth-order valence-corrected chi connectivity index (χ4v) is 3.07. The van der Waals surface area contributed by atoms with Crippen molar-refractivity contribution >= 4 is 38.7 Å². The number of alkyl carbamates (subject to hydrolysis) is 1. The van der Waals surface area contributed by atoms with Gasteiger partial charge in [0.25, 0.3) is 0 Å². The van der Waals surface area contributed by atoms with Gasteiger partial charge in [0.1, 0.15) is 18.5 Å². The van der Waals surface area contributed by atoms with Gasteiger partial charge >= 0.3 is 6.09 Å². The van der Waals surface area contributed by atoms with Gasteiger partial charge in [0.15, 0.2) is 5.13 Å². The van der Waals surface area contributed by atoms with Crippen molar-refractivity contribution in [3.63, 3.8) is 0 Å². The van der Waals surface area contributed by atoms with E-state index in [4.69, 9.17) is 4.74 Å². The molecular formula is C18H16FN3O3S. The van der Waals surface area contributed by atoms with Crippen LogP contribution < -0.4 is 10.6 Å². The van der Waals surface area contributed by atoms with Crippen molar-refractivity contribution in [2.24, 2.45) is 0 Å². The molecule has 3 aromatic rings. The van der Waals surface area contributed by atoms with E-state index in [2.05, 4.69) is 15.6 Å². The van der Waals surface area contributed by atoms with E-state index in [1.165, 1.54) is 19.1 Å². The second-order valence-corrected chi connectivity index (χ2v) is 6.58. The number of hydrogen-bond acceptors (Lipinski definition) is 5. The Morgan fingerprint density at radius 3 is 2.77 bits per heavy atom. The quantitative estimate of drug-likeness (QED) is 0.715. The van der Waals surface area contributed by atoms with E-state index >= 15 is 0 Å². The molecule has 1 heterocycles. The molecule has 6 nitrogen and oxygen atoms in total. The first-order valence-corrected chi connectivity index (χ1v) is 8.67. The van der Waals surface area contributed by atoms with Crippen LogP contribution in [0.3, 0.4) is 0 Å². The minimum Gasteiger partial charge on any atom is -0.445 e. The fraction of sp³-hybridized carbons (Fsp3) is 0.167. The zero-order chi connectivity index (χ0) is 18.5. The van der Waals surface area contributed by atoms with E-state index in [1.807, 2.05) is 30.3 Å². The first-order valence-electron chi connectivity index (χ1n) is 7.85. The Bertz CT molecular complexity index is 930. The number of carbonyl (C=O) groups excluding carboxylic acids is 2. The Morgan fingerprint density at radius 2 is 2.00 bits per heavy atom. The van der Waals surface area contributed by atoms with Crippen molar-refractivity contribution in [2.45, 2.75) is 19.6 Å². The highest BCUT2D eigenvalue weighted by Crippen LogP contribution is 2.26. The van der Waals surface area contributed by atoms with Crippen LogP contribution in [-0.4, -0.2) is 23.0 Å². The smallest absolute Gasteiger partial charge is 0.408 e. The number of halogens is 1. The monoisotopic (exact) mass is 373 g/mol. The third-order valence-electron chi connectivity index (χ3n) is 3.52. The standard InChI is InChI=1S/C18H16FN3O3S/c1-11(20-18(24)25-10-12-5-3-2-4-6-12)16(23)22-17-21-14-8-7-13(19)9-15(14)26-17/h2-9,11H,10H2,1H3,(H,20,24)(H,21,22,23)/t11-/m0/s1. The second-order valence-electron chi connectivity index (χ2n) is 5.55. The van der Waals surface area contributed by atoms with Crippen molar-refractivity contribution < 1.29 is 18.7 Å². The molecule has 0 aliphatic rings. The zero-order valence-electron chi connectivity index (χ0n) is 13.9. The number of nitrogens with one attached hydrogen (secondary N) is 2. The molecule has 134 valence electrons. The van der Waals surface area contributed by atoms with Crippen molar-refractivity contribution in [3.05, 3.63) is 59.9 Å². The van der Waals surface area contributed by atoms with Crippen LogP contribution in [0.5, 0.6) is 0 Å². The number of hydrogen-bond donors (Lipinski definition) is 2. The van der Waals surface area contributed by atoms with E-state index in [0.717, 1.165) is 16.9 Å². The molecule has 0 spiro atoms. The maximum Gasteiger partial charge on any atom is 0.408 e. The number of benzene rings is 2. The molecule has 2 amide bonds. The summed E-state index contributed by atoms with van der Waals surface area (Å²) in [4.78, 5) is 28.2. The molecule has 2 aromatic carbocycles. The van der Waals surface area contributed by atoms with E-state index in [1.54, 1.807) is 6.07 Å². The number of rotatable bonds is 5. The number of carbonyl (C=O) groups is 2. The van der Waals surface area contributed by atoms with Crippen molar-refractivity contribution in [1.29, 1.82) is 0 Å². The Hall–Kier alpha value is -3.00. The number of nitrogens with zero attached hydrogens (tertiary/aromatic N) is 1. The highest BCUT2D eigenvalue weighted by Gasteiger charge is 2.18. The van der Waals surface area contributed by atoms with Crippen LogP contribution in [0, 0.1) is 5.82 Å². The van der Waals surface area contributed by atoms with Gasteiger partial charge in [-0.15, -0.1) is 0 Å². The molecule has 0 saturated carbocycles. The molecule has 3 rings (SSSR count). The third kappa shape index (κ3) is 4.54. The first-order chi connectivity index (χ1) is 12.5. The largest absolute Gasteiger partial charge is 0.445 e. The topological polar surface area (TPSA) is 80.3 Å². The number of aromatic nitrogens is 1. The van der Waals surface area contributed by atoms with E-state index in [0.29, 0.717) is 15.3 Å². The van der Waals surface area contributed by atoms with Crippen LogP contribution in [0.4, 0.5) is 14.3 Å². The van der Waals surface area contributed by atoms with Gasteiger partial charge in [-0.25, -0.2) is 14.2 Å². The summed E-state index contributed by atoms with van der Waals surface area (Å²) in [6.07, 6.45) is -0.692. The van der Waals surface area contributed by atoms with Crippen LogP contribution in [-0.2, 0) is 16.1 Å². The van der Waals surface area contributed by atoms with Crippen LogP contribution in [0.15, 0.2) is 48.5 Å². The molecule has 1 atom stereocenters. The van der Waals surface area contributed by atoms with Gasteiger partial charge in [-0.05, 0) is 30.7 Å². The summed E-state index contributed by atoms with van der Waals surface area (Å²) in [6, 6.07) is 12.6. The van der Waals surface area contributed by atoms with E-state index in [9.17, 15) is 14.0 Å². The van der Waals surface area contributed by atoms with Crippen LogP contribution >= 0.6 is 11.3 Å². The van der Waals surface area contributed by atoms with Crippen LogP contribution in [0.1, 0.15) is 12.5 Å². The summed E-state index contributed by atoms with van der Waals surface area (Å²) in [5.74, 6) is -0.809. The minimum absolute atomic E-state index is 0.116. The molecule has 0 aliphatic carbocycles. The van der Waals surface area contributed by atoms with Crippen molar-refractivity contribution in [1.82, 2.24) is 10.3 Å². The number of fused-ring (bicyclic) bond motifs is 1. The normalized spacial score (nSPS) is 11.8. The fourth-order valence-electron chi connectivity index (χ4n) is 2.17. The summed E-state index contributed by atoms with van der Waals surface area (Å²) in [7, 11) is 0. The molecule has 0 radical (unpaired) electrons. The summed E-state index contributed by atoms with van der Waals surface area (Å²) in [5, 5.41) is 5.40. The number of anilines is 1. The molecule has 0 bridgehead atoms. The predicted octanol–water partition coefficient (Wildman–Crippen LogP) is 3.69. The molecule has 26 heavy (non-hydrogen) atoms. The van der Waals surface area contributed by atoms with Gasteiger partial charge in [0.2, 0.25) is 5.91 Å². The second kappa shape index (κ2) is 7.92. The zero-order valence-corrected chi connectivity index (χ0v) is 14.7. The summed E-state index contributed by atoms with van der Waals surface area (Å²) < 4.78 is 18.9. The van der Waals surface area contributed by atoms with Gasteiger partial charge < -0.3 is 15.4 Å². The number of thiazole rings is 1. The van der Waals surface area contributed by atoms with Crippen LogP contribution in [0.25, 0.3) is 10.2 Å². The lowest BCUT2D eigenvalue weighted by Crippen LogP contribution is -2.41. The lowest BCUT2D eigenvalue weighted by atomic mass is 10.2. The van der Waals surface area contributed by atoms with Gasteiger partial charge in [0.05, 0.1) is 10.2 Å².